The highest BCUT2D eigenvalue weighted by Crippen LogP contribution is 2.11. The van der Waals surface area contributed by atoms with E-state index in [0.29, 0.717) is 11.3 Å². The highest BCUT2D eigenvalue weighted by atomic mass is 16.3. The van der Waals surface area contributed by atoms with Gasteiger partial charge in [-0.1, -0.05) is 0 Å². The quantitative estimate of drug-likeness (QED) is 0.794. The van der Waals surface area contributed by atoms with Gasteiger partial charge in [-0.05, 0) is 18.2 Å². The molecule has 0 saturated heterocycles. The van der Waals surface area contributed by atoms with Crippen LogP contribution in [-0.2, 0) is 0 Å². The van der Waals surface area contributed by atoms with Gasteiger partial charge < -0.3 is 10.4 Å². The number of rotatable bonds is 2. The summed E-state index contributed by atoms with van der Waals surface area (Å²) in [5.74, 6) is -0.379. The van der Waals surface area contributed by atoms with Crippen molar-refractivity contribution in [2.24, 2.45) is 0 Å². The van der Waals surface area contributed by atoms with E-state index in [0.717, 1.165) is 0 Å². The summed E-state index contributed by atoms with van der Waals surface area (Å²) >= 11 is 0. The summed E-state index contributed by atoms with van der Waals surface area (Å²) in [4.78, 5) is 19.3. The number of hydrogen-bond donors (Lipinski definition) is 2. The molecule has 0 unspecified atom stereocenters. The first-order valence-corrected chi connectivity index (χ1v) is 4.61. The van der Waals surface area contributed by atoms with Gasteiger partial charge >= 0.3 is 0 Å². The number of nitrogens with zero attached hydrogens (tertiary/aromatic N) is 2. The van der Waals surface area contributed by atoms with E-state index >= 15 is 0 Å². The summed E-state index contributed by atoms with van der Waals surface area (Å²) in [6.07, 6.45) is 5.80. The zero-order chi connectivity index (χ0) is 11.4. The third-order valence-electron chi connectivity index (χ3n) is 1.91. The maximum absolute atomic E-state index is 11.7. The molecule has 0 atom stereocenters. The minimum absolute atomic E-state index is 0.0427. The first-order valence-electron chi connectivity index (χ1n) is 4.61. The van der Waals surface area contributed by atoms with Crippen LogP contribution in [-0.4, -0.2) is 21.0 Å². The van der Waals surface area contributed by atoms with E-state index in [-0.39, 0.29) is 11.7 Å². The highest BCUT2D eigenvalue weighted by molar-refractivity contribution is 6.04. The molecule has 0 aromatic carbocycles. The van der Waals surface area contributed by atoms with E-state index in [1.54, 1.807) is 18.3 Å². The molecule has 0 fully saturated rings. The molecule has 0 spiro atoms. The van der Waals surface area contributed by atoms with Gasteiger partial charge in [0.2, 0.25) is 0 Å². The Morgan fingerprint density at radius 2 is 2.12 bits per heavy atom. The highest BCUT2D eigenvalue weighted by Gasteiger charge is 2.06. The van der Waals surface area contributed by atoms with Crippen LogP contribution in [0.3, 0.4) is 0 Å². The van der Waals surface area contributed by atoms with Crippen molar-refractivity contribution in [1.29, 1.82) is 0 Å². The zero-order valence-corrected chi connectivity index (χ0v) is 8.29. The number of amides is 1. The molecule has 0 aliphatic carbocycles. The minimum atomic E-state index is -0.337. The topological polar surface area (TPSA) is 75.1 Å². The fraction of sp³-hybridized carbons (Fsp3) is 0. The first kappa shape index (κ1) is 10.1. The van der Waals surface area contributed by atoms with Crippen molar-refractivity contribution in [2.45, 2.75) is 0 Å². The Labute approximate surface area is 91.8 Å². The largest absolute Gasteiger partial charge is 0.506 e. The number of nitrogens with one attached hydrogen (secondary N) is 1. The molecule has 2 N–H and O–H groups in total. The molecule has 2 aromatic heterocycles. The second-order valence-corrected chi connectivity index (χ2v) is 3.13. The van der Waals surface area contributed by atoms with Gasteiger partial charge in [0.05, 0.1) is 23.6 Å². The van der Waals surface area contributed by atoms with E-state index in [1.807, 2.05) is 0 Å². The number of carbonyl (C=O) groups is 1. The van der Waals surface area contributed by atoms with E-state index in [9.17, 15) is 9.90 Å². The van der Waals surface area contributed by atoms with Gasteiger partial charge in [-0.3, -0.25) is 14.8 Å². The number of aromatic nitrogens is 2. The van der Waals surface area contributed by atoms with Crippen LogP contribution in [0.5, 0.6) is 5.75 Å². The van der Waals surface area contributed by atoms with Crippen molar-refractivity contribution in [3.05, 3.63) is 48.5 Å². The van der Waals surface area contributed by atoms with Gasteiger partial charge in [-0.2, -0.15) is 0 Å². The molecule has 2 aromatic rings. The molecule has 0 aliphatic heterocycles. The lowest BCUT2D eigenvalue weighted by molar-refractivity contribution is 0.102. The van der Waals surface area contributed by atoms with Crippen molar-refractivity contribution in [3.8, 4) is 5.75 Å². The van der Waals surface area contributed by atoms with Gasteiger partial charge in [0.25, 0.3) is 5.91 Å². The second kappa shape index (κ2) is 4.39. The average Bonchev–Trinajstić information content (AvgIpc) is 2.30. The Morgan fingerprint density at radius 3 is 2.81 bits per heavy atom. The Kier molecular flexibility index (Phi) is 2.77. The molecular weight excluding hydrogens is 206 g/mol. The molecule has 1 amide bonds. The number of hydrogen-bond acceptors (Lipinski definition) is 4. The van der Waals surface area contributed by atoms with Gasteiger partial charge in [-0.25, -0.2) is 0 Å². The van der Waals surface area contributed by atoms with Crippen molar-refractivity contribution in [2.75, 3.05) is 5.32 Å². The smallest absolute Gasteiger partial charge is 0.257 e. The lowest BCUT2D eigenvalue weighted by Gasteiger charge is -2.03. The number of anilines is 1. The van der Waals surface area contributed by atoms with Crippen LogP contribution < -0.4 is 5.32 Å². The summed E-state index contributed by atoms with van der Waals surface area (Å²) in [5, 5.41) is 11.8. The molecule has 16 heavy (non-hydrogen) atoms. The molecule has 2 rings (SSSR count). The molecule has 0 radical (unpaired) electrons. The predicted octanol–water partition coefficient (Wildman–Crippen LogP) is 1.43. The maximum Gasteiger partial charge on any atom is 0.257 e. The lowest BCUT2D eigenvalue weighted by Crippen LogP contribution is -2.12. The standard InChI is InChI=1S/C11H9N3O2/c15-10-4-8(5-13-7-10)11(16)14-9-2-1-3-12-6-9/h1-7,15H,(H,14,16). The normalized spacial score (nSPS) is 9.75. The zero-order valence-electron chi connectivity index (χ0n) is 8.29. The fourth-order valence-corrected chi connectivity index (χ4v) is 1.19. The summed E-state index contributed by atoms with van der Waals surface area (Å²) in [5.41, 5.74) is 0.889. The summed E-state index contributed by atoms with van der Waals surface area (Å²) < 4.78 is 0. The number of carbonyl (C=O) groups excluding carboxylic acids is 1. The molecule has 2 heterocycles. The molecular formula is C11H9N3O2. The predicted molar refractivity (Wildman–Crippen MR) is 58.1 cm³/mol. The van der Waals surface area contributed by atoms with Crippen LogP contribution in [0.2, 0.25) is 0 Å². The van der Waals surface area contributed by atoms with Crippen molar-refractivity contribution in [1.82, 2.24) is 9.97 Å². The van der Waals surface area contributed by atoms with Crippen molar-refractivity contribution in [3.63, 3.8) is 0 Å². The monoisotopic (exact) mass is 215 g/mol. The Balaban J connectivity index is 2.15. The Hall–Kier alpha value is -2.43. The van der Waals surface area contributed by atoms with E-state index in [1.165, 1.54) is 24.7 Å². The van der Waals surface area contributed by atoms with Gasteiger partial charge in [0.15, 0.2) is 0 Å². The van der Waals surface area contributed by atoms with Crippen LogP contribution >= 0.6 is 0 Å². The third kappa shape index (κ3) is 2.33. The van der Waals surface area contributed by atoms with Crippen LogP contribution in [0.4, 0.5) is 5.69 Å². The third-order valence-corrected chi connectivity index (χ3v) is 1.91. The maximum atomic E-state index is 11.7. The average molecular weight is 215 g/mol. The SMILES string of the molecule is O=C(Nc1cccnc1)c1cncc(O)c1. The Morgan fingerprint density at radius 1 is 1.25 bits per heavy atom. The molecule has 5 heteroatoms. The molecule has 0 aliphatic rings. The van der Waals surface area contributed by atoms with Crippen molar-refractivity contribution >= 4 is 11.6 Å². The van der Waals surface area contributed by atoms with Gasteiger partial charge in [0, 0.05) is 12.4 Å². The Bertz CT molecular complexity index is 500. The molecule has 80 valence electrons. The second-order valence-electron chi connectivity index (χ2n) is 3.13. The van der Waals surface area contributed by atoms with Crippen LogP contribution in [0.25, 0.3) is 0 Å². The van der Waals surface area contributed by atoms with E-state index in [2.05, 4.69) is 15.3 Å². The fourth-order valence-electron chi connectivity index (χ4n) is 1.19. The molecule has 0 saturated carbocycles. The van der Waals surface area contributed by atoms with Gasteiger partial charge in [0.1, 0.15) is 5.75 Å². The van der Waals surface area contributed by atoms with Crippen molar-refractivity contribution < 1.29 is 9.90 Å². The summed E-state index contributed by atoms with van der Waals surface area (Å²) in [7, 11) is 0. The van der Waals surface area contributed by atoms with Crippen LogP contribution in [0.15, 0.2) is 43.0 Å². The van der Waals surface area contributed by atoms with Crippen LogP contribution in [0, 0.1) is 0 Å². The molecule has 0 bridgehead atoms. The lowest BCUT2D eigenvalue weighted by atomic mass is 10.2. The molecule has 5 nitrogen and oxygen atoms in total. The van der Waals surface area contributed by atoms with Gasteiger partial charge in [-0.15, -0.1) is 0 Å². The summed E-state index contributed by atoms with van der Waals surface area (Å²) in [6, 6.07) is 4.79. The summed E-state index contributed by atoms with van der Waals surface area (Å²) in [6.45, 7) is 0. The van der Waals surface area contributed by atoms with Crippen LogP contribution in [0.1, 0.15) is 10.4 Å². The minimum Gasteiger partial charge on any atom is -0.506 e. The van der Waals surface area contributed by atoms with E-state index < -0.39 is 0 Å². The first-order chi connectivity index (χ1) is 7.75. The number of pyridine rings is 2. The number of aromatic hydroxyl groups is 1. The van der Waals surface area contributed by atoms with E-state index in [4.69, 9.17) is 0 Å².